The minimum Gasteiger partial charge on any atom is -0.481 e. The van der Waals surface area contributed by atoms with Crippen molar-refractivity contribution in [3.05, 3.63) is 28.2 Å². The van der Waals surface area contributed by atoms with Crippen LogP contribution < -0.4 is 5.73 Å². The van der Waals surface area contributed by atoms with Gasteiger partial charge in [-0.3, -0.25) is 9.59 Å². The summed E-state index contributed by atoms with van der Waals surface area (Å²) in [6.45, 7) is 2.35. The van der Waals surface area contributed by atoms with Crippen LogP contribution in [0.1, 0.15) is 23.7 Å². The fourth-order valence-corrected chi connectivity index (χ4v) is 2.41. The zero-order chi connectivity index (χ0) is 14.2. The predicted octanol–water partition coefficient (Wildman–Crippen LogP) is 1.97. The number of anilines is 1. The molecule has 1 atom stereocenters. The lowest BCUT2D eigenvalue weighted by atomic mass is 9.90. The van der Waals surface area contributed by atoms with Gasteiger partial charge in [0.25, 0.3) is 5.91 Å². The van der Waals surface area contributed by atoms with Gasteiger partial charge in [0.15, 0.2) is 0 Å². The van der Waals surface area contributed by atoms with E-state index in [4.69, 9.17) is 10.8 Å². The van der Waals surface area contributed by atoms with Crippen molar-refractivity contribution in [3.8, 4) is 0 Å². The summed E-state index contributed by atoms with van der Waals surface area (Å²) in [7, 11) is 0. The van der Waals surface area contributed by atoms with Crippen LogP contribution >= 0.6 is 15.9 Å². The maximum Gasteiger partial charge on any atom is 0.311 e. The van der Waals surface area contributed by atoms with E-state index < -0.39 is 11.4 Å². The van der Waals surface area contributed by atoms with E-state index in [1.54, 1.807) is 30.0 Å². The highest BCUT2D eigenvalue weighted by molar-refractivity contribution is 9.10. The monoisotopic (exact) mass is 326 g/mol. The second-order valence-electron chi connectivity index (χ2n) is 5.08. The van der Waals surface area contributed by atoms with Gasteiger partial charge in [0.1, 0.15) is 0 Å². The second kappa shape index (κ2) is 4.85. The first-order chi connectivity index (χ1) is 8.83. The van der Waals surface area contributed by atoms with Gasteiger partial charge < -0.3 is 15.7 Å². The number of nitrogen functional groups attached to an aromatic ring is 1. The van der Waals surface area contributed by atoms with Gasteiger partial charge in [-0.1, -0.05) is 0 Å². The van der Waals surface area contributed by atoms with Crippen molar-refractivity contribution >= 4 is 33.5 Å². The molecule has 3 N–H and O–H groups in total. The third-order valence-corrected chi connectivity index (χ3v) is 4.24. The second-order valence-corrected chi connectivity index (χ2v) is 5.93. The zero-order valence-electron chi connectivity index (χ0n) is 10.5. The molecule has 1 saturated heterocycles. The van der Waals surface area contributed by atoms with Gasteiger partial charge in [-0.15, -0.1) is 0 Å². The Morgan fingerprint density at radius 2 is 2.16 bits per heavy atom. The smallest absolute Gasteiger partial charge is 0.311 e. The Bertz CT molecular complexity index is 547. The van der Waals surface area contributed by atoms with Crippen LogP contribution in [-0.2, 0) is 4.79 Å². The zero-order valence-corrected chi connectivity index (χ0v) is 12.1. The molecule has 1 amide bonds. The Morgan fingerprint density at radius 1 is 1.47 bits per heavy atom. The number of carbonyl (C=O) groups is 2. The molecule has 5 nitrogen and oxygen atoms in total. The van der Waals surface area contributed by atoms with Crippen LogP contribution in [0, 0.1) is 5.41 Å². The highest BCUT2D eigenvalue weighted by Gasteiger charge is 2.42. The number of nitrogens with two attached hydrogens (primary N) is 1. The van der Waals surface area contributed by atoms with Crippen LogP contribution in [0.3, 0.4) is 0 Å². The molecular weight excluding hydrogens is 312 g/mol. The molecular formula is C13H15BrN2O3. The number of amides is 1. The van der Waals surface area contributed by atoms with Crippen LogP contribution in [0.4, 0.5) is 5.69 Å². The first kappa shape index (κ1) is 13.9. The van der Waals surface area contributed by atoms with Crippen molar-refractivity contribution in [2.75, 3.05) is 18.8 Å². The number of carboxylic acid groups (broad SMARTS) is 1. The molecule has 1 unspecified atom stereocenters. The summed E-state index contributed by atoms with van der Waals surface area (Å²) in [5.41, 5.74) is 5.87. The van der Waals surface area contributed by atoms with E-state index in [1.165, 1.54) is 0 Å². The number of hydrogen-bond acceptors (Lipinski definition) is 3. The molecule has 1 aliphatic rings. The lowest BCUT2D eigenvalue weighted by Crippen LogP contribution is -2.34. The number of likely N-dealkylation sites (tertiary alicyclic amines) is 1. The van der Waals surface area contributed by atoms with Crippen LogP contribution in [0.25, 0.3) is 0 Å². The molecule has 102 valence electrons. The van der Waals surface area contributed by atoms with Gasteiger partial charge in [0.2, 0.25) is 0 Å². The molecule has 1 aliphatic heterocycles. The third kappa shape index (κ3) is 2.58. The largest absolute Gasteiger partial charge is 0.481 e. The molecule has 1 aromatic carbocycles. The van der Waals surface area contributed by atoms with Gasteiger partial charge in [-0.25, -0.2) is 0 Å². The summed E-state index contributed by atoms with van der Waals surface area (Å²) in [6.07, 6.45) is 0.472. The molecule has 0 aromatic heterocycles. The Balaban J connectivity index is 2.18. The average molecular weight is 327 g/mol. The average Bonchev–Trinajstić information content (AvgIpc) is 2.76. The van der Waals surface area contributed by atoms with E-state index in [1.807, 2.05) is 0 Å². The van der Waals surface area contributed by atoms with E-state index in [-0.39, 0.29) is 12.5 Å². The summed E-state index contributed by atoms with van der Waals surface area (Å²) in [4.78, 5) is 25.0. The van der Waals surface area contributed by atoms with Crippen LogP contribution in [-0.4, -0.2) is 35.0 Å². The number of nitrogens with zero attached hydrogens (tertiary/aromatic N) is 1. The number of benzene rings is 1. The quantitative estimate of drug-likeness (QED) is 0.814. The lowest BCUT2D eigenvalue weighted by molar-refractivity contribution is -0.147. The molecule has 1 aromatic rings. The van der Waals surface area contributed by atoms with Gasteiger partial charge in [-0.05, 0) is 47.5 Å². The van der Waals surface area contributed by atoms with E-state index in [2.05, 4.69) is 15.9 Å². The van der Waals surface area contributed by atoms with Crippen molar-refractivity contribution in [3.63, 3.8) is 0 Å². The Labute approximate surface area is 119 Å². The normalized spacial score (nSPS) is 22.5. The topological polar surface area (TPSA) is 83.6 Å². The highest BCUT2D eigenvalue weighted by Crippen LogP contribution is 2.31. The van der Waals surface area contributed by atoms with E-state index >= 15 is 0 Å². The molecule has 6 heteroatoms. The maximum absolute atomic E-state index is 12.3. The Kier molecular flexibility index (Phi) is 3.54. The number of aliphatic carboxylic acids is 1. The molecule has 0 aliphatic carbocycles. The van der Waals surface area contributed by atoms with E-state index in [0.717, 1.165) is 4.47 Å². The summed E-state index contributed by atoms with van der Waals surface area (Å²) in [5, 5.41) is 9.16. The Hall–Kier alpha value is -1.56. The summed E-state index contributed by atoms with van der Waals surface area (Å²) in [6, 6.07) is 5.00. The molecule has 1 heterocycles. The van der Waals surface area contributed by atoms with Crippen LogP contribution in [0.15, 0.2) is 22.7 Å². The molecule has 0 bridgehead atoms. The van der Waals surface area contributed by atoms with Crippen molar-refractivity contribution in [2.45, 2.75) is 13.3 Å². The van der Waals surface area contributed by atoms with Gasteiger partial charge in [-0.2, -0.15) is 0 Å². The van der Waals surface area contributed by atoms with Gasteiger partial charge in [0.05, 0.1) is 5.41 Å². The predicted molar refractivity (Wildman–Crippen MR) is 74.8 cm³/mol. The highest BCUT2D eigenvalue weighted by atomic mass is 79.9. The number of carbonyl (C=O) groups excluding carboxylic acids is 1. The minimum absolute atomic E-state index is 0.177. The summed E-state index contributed by atoms with van der Waals surface area (Å²) >= 11 is 3.27. The first-order valence-electron chi connectivity index (χ1n) is 5.91. The maximum atomic E-state index is 12.3. The van der Waals surface area contributed by atoms with E-state index in [9.17, 15) is 9.59 Å². The molecule has 0 saturated carbocycles. The molecule has 2 rings (SSSR count). The lowest BCUT2D eigenvalue weighted by Gasteiger charge is -2.20. The Morgan fingerprint density at radius 3 is 2.68 bits per heavy atom. The molecule has 0 radical (unpaired) electrons. The van der Waals surface area contributed by atoms with Gasteiger partial charge in [0, 0.05) is 28.8 Å². The summed E-state index contributed by atoms with van der Waals surface area (Å²) < 4.78 is 0.737. The van der Waals surface area contributed by atoms with Crippen molar-refractivity contribution in [2.24, 2.45) is 5.41 Å². The SMILES string of the molecule is CC1(C(=O)O)CCN(C(=O)c2ccc(Br)c(N)c2)C1. The minimum atomic E-state index is -0.863. The standard InChI is InChI=1S/C13H15BrN2O3/c1-13(12(18)19)4-5-16(7-13)11(17)8-2-3-9(14)10(15)6-8/h2-3,6H,4-5,7,15H2,1H3,(H,18,19). The van der Waals surface area contributed by atoms with E-state index in [0.29, 0.717) is 24.2 Å². The van der Waals surface area contributed by atoms with Crippen molar-refractivity contribution < 1.29 is 14.7 Å². The molecule has 0 spiro atoms. The van der Waals surface area contributed by atoms with Crippen LogP contribution in [0.2, 0.25) is 0 Å². The number of rotatable bonds is 2. The van der Waals surface area contributed by atoms with Crippen molar-refractivity contribution in [1.29, 1.82) is 0 Å². The fourth-order valence-electron chi connectivity index (χ4n) is 2.17. The first-order valence-corrected chi connectivity index (χ1v) is 6.70. The van der Waals surface area contributed by atoms with Gasteiger partial charge >= 0.3 is 5.97 Å². The molecule has 1 fully saturated rings. The summed E-state index contributed by atoms with van der Waals surface area (Å²) in [5.74, 6) is -1.04. The molecule has 19 heavy (non-hydrogen) atoms. The third-order valence-electron chi connectivity index (χ3n) is 3.52. The number of carboxylic acids is 1. The van der Waals surface area contributed by atoms with Crippen molar-refractivity contribution in [1.82, 2.24) is 4.90 Å². The number of halogens is 1. The number of hydrogen-bond donors (Lipinski definition) is 2. The van der Waals surface area contributed by atoms with Crippen LogP contribution in [0.5, 0.6) is 0 Å². The fraction of sp³-hybridized carbons (Fsp3) is 0.385.